The molecule has 1 aliphatic rings. The summed E-state index contributed by atoms with van der Waals surface area (Å²) in [5.74, 6) is 0. The van der Waals surface area contributed by atoms with Gasteiger partial charge in [-0.1, -0.05) is 108 Å². The third kappa shape index (κ3) is 4.14. The number of nitrogens with zero attached hydrogens (tertiary/aromatic N) is 2. The Bertz CT molecular complexity index is 1350. The number of halogens is 1. The summed E-state index contributed by atoms with van der Waals surface area (Å²) in [4.78, 5) is 0. The highest BCUT2D eigenvalue weighted by molar-refractivity contribution is 9.10. The second kappa shape index (κ2) is 9.85. The fourth-order valence-corrected chi connectivity index (χ4v) is 7.05. The van der Waals surface area contributed by atoms with Crippen LogP contribution in [-0.2, 0) is 0 Å². The van der Waals surface area contributed by atoms with Crippen LogP contribution in [0.4, 0.5) is 22.7 Å². The Kier molecular flexibility index (Phi) is 6.49. The summed E-state index contributed by atoms with van der Waals surface area (Å²) in [6.45, 7) is 7.80. The number of fused-ring (bicyclic) bond motifs is 1. The summed E-state index contributed by atoms with van der Waals surface area (Å²) in [5, 5.41) is 1.26. The van der Waals surface area contributed by atoms with Gasteiger partial charge in [0.2, 0.25) is 0 Å². The molecular formula is C30H24BrN2P. The van der Waals surface area contributed by atoms with Crippen LogP contribution in [0, 0.1) is 0 Å². The molecule has 0 saturated carbocycles. The molecule has 1 atom stereocenters. The lowest BCUT2D eigenvalue weighted by molar-refractivity contribution is 1.43. The highest BCUT2D eigenvalue weighted by Gasteiger charge is 2.39. The van der Waals surface area contributed by atoms with Gasteiger partial charge in [-0.15, -0.1) is 0 Å². The monoisotopic (exact) mass is 522 g/mol. The molecule has 1 aliphatic heterocycles. The summed E-state index contributed by atoms with van der Waals surface area (Å²) in [7, 11) is -0.922. The van der Waals surface area contributed by atoms with E-state index in [0.29, 0.717) is 0 Å². The Hall–Kier alpha value is -3.39. The predicted molar refractivity (Wildman–Crippen MR) is 153 cm³/mol. The minimum absolute atomic E-state index is 0.922. The van der Waals surface area contributed by atoms with Crippen LogP contribution >= 0.6 is 24.2 Å². The smallest absolute Gasteiger partial charge is 0.138 e. The molecule has 34 heavy (non-hydrogen) atoms. The van der Waals surface area contributed by atoms with Gasteiger partial charge in [-0.25, -0.2) is 0 Å². The van der Waals surface area contributed by atoms with Crippen molar-refractivity contribution >= 4 is 57.8 Å². The van der Waals surface area contributed by atoms with E-state index >= 15 is 0 Å². The van der Waals surface area contributed by atoms with E-state index in [1.807, 2.05) is 12.2 Å². The molecule has 0 spiro atoms. The molecule has 4 aromatic carbocycles. The summed E-state index contributed by atoms with van der Waals surface area (Å²) in [6, 6.07) is 36.7. The van der Waals surface area contributed by atoms with Crippen LogP contribution in [0.1, 0.15) is 5.56 Å². The highest BCUT2D eigenvalue weighted by Crippen LogP contribution is 2.65. The first-order valence-corrected chi connectivity index (χ1v) is 13.1. The van der Waals surface area contributed by atoms with Crippen LogP contribution in [0.15, 0.2) is 139 Å². The maximum absolute atomic E-state index is 3.96. The van der Waals surface area contributed by atoms with E-state index in [2.05, 4.69) is 142 Å². The average molecular weight is 523 g/mol. The highest BCUT2D eigenvalue weighted by atomic mass is 79.9. The Balaban J connectivity index is 1.71. The van der Waals surface area contributed by atoms with E-state index in [4.69, 9.17) is 0 Å². The summed E-state index contributed by atoms with van der Waals surface area (Å²) in [6.07, 6.45) is 5.66. The summed E-state index contributed by atoms with van der Waals surface area (Å²) < 4.78 is 6.02. The van der Waals surface area contributed by atoms with E-state index in [1.165, 1.54) is 28.1 Å². The van der Waals surface area contributed by atoms with E-state index in [9.17, 15) is 0 Å². The molecule has 4 aromatic rings. The minimum Gasteiger partial charge on any atom is -0.297 e. The molecule has 0 bridgehead atoms. The minimum atomic E-state index is -0.922. The number of hydrogen-bond acceptors (Lipinski definition) is 2. The third-order valence-corrected chi connectivity index (χ3v) is 8.63. The predicted octanol–water partition coefficient (Wildman–Crippen LogP) is 9.13. The molecule has 5 rings (SSSR count). The molecule has 1 heterocycles. The van der Waals surface area contributed by atoms with Crippen LogP contribution in [0.25, 0.3) is 5.57 Å². The Morgan fingerprint density at radius 3 is 1.85 bits per heavy atom. The topological polar surface area (TPSA) is 6.48 Å². The second-order valence-corrected chi connectivity index (χ2v) is 10.6. The average Bonchev–Trinajstić information content (AvgIpc) is 3.22. The molecule has 0 aromatic heterocycles. The SMILES string of the molecule is C=C/C=C(\C=C)c1ccc(P2N(c3ccccc3)c3ccc(Br)cc3N2c2ccccc2)cc1. The first-order valence-electron chi connectivity index (χ1n) is 11.1. The lowest BCUT2D eigenvalue weighted by Gasteiger charge is -2.32. The summed E-state index contributed by atoms with van der Waals surface area (Å²) >= 11 is 3.70. The zero-order chi connectivity index (χ0) is 23.5. The lowest BCUT2D eigenvalue weighted by Crippen LogP contribution is -2.22. The van der Waals surface area contributed by atoms with Crippen molar-refractivity contribution < 1.29 is 0 Å². The quantitative estimate of drug-likeness (QED) is 0.184. The maximum Gasteiger partial charge on any atom is 0.138 e. The van der Waals surface area contributed by atoms with Crippen molar-refractivity contribution in [1.82, 2.24) is 0 Å². The number of allylic oxidation sites excluding steroid dienone is 4. The molecule has 0 N–H and O–H groups in total. The van der Waals surface area contributed by atoms with Crippen molar-refractivity contribution in [2.75, 3.05) is 9.34 Å². The van der Waals surface area contributed by atoms with Crippen molar-refractivity contribution in [3.63, 3.8) is 0 Å². The Morgan fingerprint density at radius 1 is 0.706 bits per heavy atom. The molecule has 0 aliphatic carbocycles. The van der Waals surface area contributed by atoms with Crippen LogP contribution < -0.4 is 14.6 Å². The normalized spacial score (nSPS) is 15.2. The standard InChI is InChI=1S/C30H24BrN2P/c1-3-11-23(4-2)24-16-19-28(20-17-24)34-32(26-12-7-5-8-13-26)29-21-18-25(31)22-30(29)33(34)27-14-9-6-10-15-27/h3-22H,1-2H2/b23-11+. The number of rotatable bonds is 6. The lowest BCUT2D eigenvalue weighted by atomic mass is 10.1. The molecule has 0 saturated heterocycles. The van der Waals surface area contributed by atoms with Crippen molar-refractivity contribution in [3.8, 4) is 0 Å². The maximum atomic E-state index is 3.96. The number of para-hydroxylation sites is 2. The number of hydrogen-bond donors (Lipinski definition) is 0. The third-order valence-electron chi connectivity index (χ3n) is 5.72. The largest absolute Gasteiger partial charge is 0.297 e. The fourth-order valence-electron chi connectivity index (χ4n) is 4.20. The van der Waals surface area contributed by atoms with Gasteiger partial charge in [-0.2, -0.15) is 0 Å². The fraction of sp³-hybridized carbons (Fsp3) is 0. The zero-order valence-corrected chi connectivity index (χ0v) is 21.2. The van der Waals surface area contributed by atoms with Gasteiger partial charge in [0.15, 0.2) is 0 Å². The molecule has 0 amide bonds. The van der Waals surface area contributed by atoms with Gasteiger partial charge in [0.25, 0.3) is 0 Å². The molecule has 4 heteroatoms. The zero-order valence-electron chi connectivity index (χ0n) is 18.7. The van der Waals surface area contributed by atoms with Gasteiger partial charge in [-0.05, 0) is 53.6 Å². The van der Waals surface area contributed by atoms with Gasteiger partial charge in [-0.3, -0.25) is 9.34 Å². The van der Waals surface area contributed by atoms with Gasteiger partial charge < -0.3 is 0 Å². The van der Waals surface area contributed by atoms with Crippen molar-refractivity contribution in [3.05, 3.63) is 145 Å². The van der Waals surface area contributed by atoms with E-state index in [1.54, 1.807) is 6.08 Å². The molecule has 0 fully saturated rings. The van der Waals surface area contributed by atoms with Crippen molar-refractivity contribution in [2.45, 2.75) is 0 Å². The van der Waals surface area contributed by atoms with E-state index < -0.39 is 8.22 Å². The molecule has 1 unspecified atom stereocenters. The molecule has 166 valence electrons. The van der Waals surface area contributed by atoms with E-state index in [0.717, 1.165) is 15.6 Å². The Labute approximate surface area is 211 Å². The van der Waals surface area contributed by atoms with Crippen LogP contribution in [0.5, 0.6) is 0 Å². The van der Waals surface area contributed by atoms with Crippen molar-refractivity contribution in [1.29, 1.82) is 0 Å². The van der Waals surface area contributed by atoms with Crippen LogP contribution in [0.2, 0.25) is 0 Å². The van der Waals surface area contributed by atoms with Gasteiger partial charge in [0.05, 0.1) is 11.4 Å². The first-order chi connectivity index (χ1) is 16.7. The van der Waals surface area contributed by atoms with Gasteiger partial charge in [0.1, 0.15) is 8.22 Å². The first kappa shape index (κ1) is 22.4. The van der Waals surface area contributed by atoms with Crippen LogP contribution in [-0.4, -0.2) is 0 Å². The van der Waals surface area contributed by atoms with Gasteiger partial charge in [0, 0.05) is 21.2 Å². The van der Waals surface area contributed by atoms with Crippen LogP contribution in [0.3, 0.4) is 0 Å². The second-order valence-electron chi connectivity index (χ2n) is 7.83. The molecular weight excluding hydrogens is 499 g/mol. The molecule has 2 nitrogen and oxygen atoms in total. The Morgan fingerprint density at radius 2 is 1.29 bits per heavy atom. The molecule has 0 radical (unpaired) electrons. The number of benzene rings is 4. The van der Waals surface area contributed by atoms with Gasteiger partial charge >= 0.3 is 0 Å². The van der Waals surface area contributed by atoms with Crippen molar-refractivity contribution in [2.24, 2.45) is 0 Å². The summed E-state index contributed by atoms with van der Waals surface area (Å²) in [5.41, 5.74) is 6.94. The van der Waals surface area contributed by atoms with E-state index in [-0.39, 0.29) is 0 Å². The number of anilines is 4.